The third-order valence-corrected chi connectivity index (χ3v) is 2.96. The second-order valence-electron chi connectivity index (χ2n) is 2.95. The van der Waals surface area contributed by atoms with E-state index in [0.29, 0.717) is 16.0 Å². The highest BCUT2D eigenvalue weighted by molar-refractivity contribution is 7.14. The van der Waals surface area contributed by atoms with Crippen LogP contribution < -0.4 is 10.1 Å². The maximum atomic E-state index is 13.4. The fourth-order valence-electron chi connectivity index (χ4n) is 1.18. The van der Waals surface area contributed by atoms with Crippen LogP contribution in [0.4, 0.5) is 15.2 Å². The van der Waals surface area contributed by atoms with Crippen LogP contribution in [0, 0.1) is 5.82 Å². The Morgan fingerprint density at radius 2 is 2.31 bits per heavy atom. The molecule has 1 aromatic carbocycles. The molecule has 0 atom stereocenters. The van der Waals surface area contributed by atoms with E-state index in [1.54, 1.807) is 17.5 Å². The highest BCUT2D eigenvalue weighted by atomic mass is 35.5. The van der Waals surface area contributed by atoms with E-state index in [9.17, 15) is 4.39 Å². The number of halogens is 2. The number of hydrogen-bond donors (Lipinski definition) is 1. The molecule has 0 radical (unpaired) electrons. The van der Waals surface area contributed by atoms with E-state index in [1.807, 2.05) is 0 Å². The van der Waals surface area contributed by atoms with E-state index in [1.165, 1.54) is 24.5 Å². The molecule has 0 aliphatic carbocycles. The Morgan fingerprint density at radius 3 is 2.88 bits per heavy atom. The van der Waals surface area contributed by atoms with Crippen LogP contribution in [0.5, 0.6) is 5.75 Å². The van der Waals surface area contributed by atoms with Gasteiger partial charge in [-0.3, -0.25) is 0 Å². The molecule has 6 heteroatoms. The molecular formula is C10H8ClFN2OS. The molecule has 1 heterocycles. The minimum atomic E-state index is -0.421. The molecule has 84 valence electrons. The van der Waals surface area contributed by atoms with Crippen molar-refractivity contribution in [3.8, 4) is 5.75 Å². The molecule has 0 bridgehead atoms. The van der Waals surface area contributed by atoms with Gasteiger partial charge in [0, 0.05) is 17.1 Å². The number of ether oxygens (including phenoxy) is 1. The Balaban J connectivity index is 2.19. The summed E-state index contributed by atoms with van der Waals surface area (Å²) in [6.07, 6.45) is 0. The lowest BCUT2D eigenvalue weighted by Crippen LogP contribution is -1.92. The van der Waals surface area contributed by atoms with Crippen LogP contribution in [0.15, 0.2) is 23.6 Å². The fraction of sp³-hybridized carbons (Fsp3) is 0.100. The van der Waals surface area contributed by atoms with Crippen molar-refractivity contribution >= 4 is 33.8 Å². The number of aromatic nitrogens is 1. The summed E-state index contributed by atoms with van der Waals surface area (Å²) < 4.78 is 18.2. The van der Waals surface area contributed by atoms with E-state index >= 15 is 0 Å². The number of rotatable bonds is 3. The zero-order valence-corrected chi connectivity index (χ0v) is 9.90. The quantitative estimate of drug-likeness (QED) is 0.912. The Labute approximate surface area is 101 Å². The maximum Gasteiger partial charge on any atom is 0.188 e. The van der Waals surface area contributed by atoms with Gasteiger partial charge in [-0.1, -0.05) is 11.6 Å². The van der Waals surface area contributed by atoms with Gasteiger partial charge in [-0.15, -0.1) is 11.3 Å². The van der Waals surface area contributed by atoms with Crippen LogP contribution in [0.1, 0.15) is 0 Å². The second kappa shape index (κ2) is 4.67. The SMILES string of the molecule is COc1ccc(Nc2nc(Cl)cs2)cc1F. The number of benzene rings is 1. The summed E-state index contributed by atoms with van der Waals surface area (Å²) in [5, 5.41) is 5.68. The third-order valence-electron chi connectivity index (χ3n) is 1.88. The molecule has 1 aromatic heterocycles. The van der Waals surface area contributed by atoms with Gasteiger partial charge in [0.15, 0.2) is 16.7 Å². The highest BCUT2D eigenvalue weighted by Crippen LogP contribution is 2.26. The average molecular weight is 259 g/mol. The van der Waals surface area contributed by atoms with Crippen LogP contribution in [-0.4, -0.2) is 12.1 Å². The first-order valence-electron chi connectivity index (χ1n) is 4.40. The lowest BCUT2D eigenvalue weighted by molar-refractivity contribution is 0.386. The van der Waals surface area contributed by atoms with Gasteiger partial charge >= 0.3 is 0 Å². The van der Waals surface area contributed by atoms with Crippen LogP contribution in [-0.2, 0) is 0 Å². The summed E-state index contributed by atoms with van der Waals surface area (Å²) in [6.45, 7) is 0. The molecule has 0 amide bonds. The molecule has 0 aliphatic rings. The summed E-state index contributed by atoms with van der Waals surface area (Å²) >= 11 is 7.02. The molecule has 0 aliphatic heterocycles. The van der Waals surface area contributed by atoms with E-state index in [2.05, 4.69) is 10.3 Å². The highest BCUT2D eigenvalue weighted by Gasteiger charge is 2.05. The van der Waals surface area contributed by atoms with Crippen molar-refractivity contribution < 1.29 is 9.13 Å². The summed E-state index contributed by atoms with van der Waals surface area (Å²) in [5.74, 6) is -0.210. The van der Waals surface area contributed by atoms with Gasteiger partial charge in [0.1, 0.15) is 5.15 Å². The van der Waals surface area contributed by atoms with Crippen molar-refractivity contribution in [3.63, 3.8) is 0 Å². The minimum absolute atomic E-state index is 0.211. The summed E-state index contributed by atoms with van der Waals surface area (Å²) in [7, 11) is 1.42. The summed E-state index contributed by atoms with van der Waals surface area (Å²) in [4.78, 5) is 4.00. The van der Waals surface area contributed by atoms with Gasteiger partial charge < -0.3 is 10.1 Å². The normalized spacial score (nSPS) is 10.2. The molecule has 0 fully saturated rings. The predicted octanol–water partition coefficient (Wildman–Crippen LogP) is 3.69. The van der Waals surface area contributed by atoms with E-state index in [-0.39, 0.29) is 5.75 Å². The molecule has 0 saturated heterocycles. The lowest BCUT2D eigenvalue weighted by Gasteiger charge is -2.05. The largest absolute Gasteiger partial charge is 0.494 e. The third kappa shape index (κ3) is 2.43. The van der Waals surface area contributed by atoms with E-state index < -0.39 is 5.82 Å². The van der Waals surface area contributed by atoms with E-state index in [0.717, 1.165) is 0 Å². The molecule has 0 spiro atoms. The van der Waals surface area contributed by atoms with Crippen molar-refractivity contribution in [2.75, 3.05) is 12.4 Å². The van der Waals surface area contributed by atoms with Gasteiger partial charge in [-0.2, -0.15) is 0 Å². The van der Waals surface area contributed by atoms with Crippen LogP contribution in [0.25, 0.3) is 0 Å². The number of methoxy groups -OCH3 is 1. The van der Waals surface area contributed by atoms with E-state index in [4.69, 9.17) is 16.3 Å². The fourth-order valence-corrected chi connectivity index (χ4v) is 2.04. The van der Waals surface area contributed by atoms with Crippen molar-refractivity contribution in [1.29, 1.82) is 0 Å². The summed E-state index contributed by atoms with van der Waals surface area (Å²) in [6, 6.07) is 4.60. The molecule has 16 heavy (non-hydrogen) atoms. The molecule has 2 aromatic rings. The average Bonchev–Trinajstić information content (AvgIpc) is 2.64. The van der Waals surface area contributed by atoms with Gasteiger partial charge in [0.2, 0.25) is 0 Å². The van der Waals surface area contributed by atoms with Gasteiger partial charge in [0.25, 0.3) is 0 Å². The monoisotopic (exact) mass is 258 g/mol. The van der Waals surface area contributed by atoms with Crippen molar-refractivity contribution in [1.82, 2.24) is 4.98 Å². The number of anilines is 2. The molecule has 3 nitrogen and oxygen atoms in total. The van der Waals surface area contributed by atoms with Crippen LogP contribution in [0.3, 0.4) is 0 Å². The molecule has 0 saturated carbocycles. The Kier molecular flexibility index (Phi) is 3.26. The molecular weight excluding hydrogens is 251 g/mol. The van der Waals surface area contributed by atoms with Gasteiger partial charge in [0.05, 0.1) is 7.11 Å². The first kappa shape index (κ1) is 11.2. The zero-order valence-electron chi connectivity index (χ0n) is 8.33. The number of nitrogens with zero attached hydrogens (tertiary/aromatic N) is 1. The van der Waals surface area contributed by atoms with Crippen molar-refractivity contribution in [3.05, 3.63) is 34.5 Å². The summed E-state index contributed by atoms with van der Waals surface area (Å²) in [5.41, 5.74) is 0.601. The standard InChI is InChI=1S/C10H8ClFN2OS/c1-15-8-3-2-6(4-7(8)12)13-10-14-9(11)5-16-10/h2-5H,1H3,(H,13,14). The molecule has 1 N–H and O–H groups in total. The molecule has 2 rings (SSSR count). The Morgan fingerprint density at radius 1 is 1.50 bits per heavy atom. The number of nitrogens with one attached hydrogen (secondary N) is 1. The number of hydrogen-bond acceptors (Lipinski definition) is 4. The minimum Gasteiger partial charge on any atom is -0.494 e. The predicted molar refractivity (Wildman–Crippen MR) is 63.4 cm³/mol. The number of thiazole rings is 1. The van der Waals surface area contributed by atoms with Crippen molar-refractivity contribution in [2.24, 2.45) is 0 Å². The first-order chi connectivity index (χ1) is 7.69. The second-order valence-corrected chi connectivity index (χ2v) is 4.20. The topological polar surface area (TPSA) is 34.1 Å². The van der Waals surface area contributed by atoms with Crippen LogP contribution >= 0.6 is 22.9 Å². The molecule has 0 unspecified atom stereocenters. The lowest BCUT2D eigenvalue weighted by atomic mass is 10.3. The Bertz CT molecular complexity index is 503. The Hall–Kier alpha value is -1.33. The van der Waals surface area contributed by atoms with Gasteiger partial charge in [-0.05, 0) is 12.1 Å². The smallest absolute Gasteiger partial charge is 0.188 e. The maximum absolute atomic E-state index is 13.4. The van der Waals surface area contributed by atoms with Crippen molar-refractivity contribution in [2.45, 2.75) is 0 Å². The van der Waals surface area contributed by atoms with Crippen LogP contribution in [0.2, 0.25) is 5.15 Å². The zero-order chi connectivity index (χ0) is 11.5. The first-order valence-corrected chi connectivity index (χ1v) is 5.66. The van der Waals surface area contributed by atoms with Gasteiger partial charge in [-0.25, -0.2) is 9.37 Å².